The first kappa shape index (κ1) is 23.0. The Kier molecular flexibility index (Phi) is 7.17. The third-order valence-electron chi connectivity index (χ3n) is 3.63. The predicted octanol–water partition coefficient (Wildman–Crippen LogP) is 6.73. The van der Waals surface area contributed by atoms with Crippen molar-refractivity contribution in [2.45, 2.75) is 0 Å². The van der Waals surface area contributed by atoms with Crippen molar-refractivity contribution in [1.29, 1.82) is 0 Å². The summed E-state index contributed by atoms with van der Waals surface area (Å²) in [6, 6.07) is 5.29. The molecule has 0 aliphatic carbocycles. The van der Waals surface area contributed by atoms with Gasteiger partial charge in [0.2, 0.25) is 5.88 Å². The second-order valence-corrected chi connectivity index (χ2v) is 7.50. The number of imide groups is 1. The fourth-order valence-corrected chi connectivity index (χ4v) is 3.29. The van der Waals surface area contributed by atoms with E-state index in [1.54, 1.807) is 0 Å². The van der Waals surface area contributed by atoms with Gasteiger partial charge in [-0.2, -0.15) is 0 Å². The number of amides is 3. The molecule has 3 amide bonds. The van der Waals surface area contributed by atoms with Crippen molar-refractivity contribution in [2.24, 2.45) is 0 Å². The van der Waals surface area contributed by atoms with Crippen LogP contribution in [0, 0.1) is 11.6 Å². The molecule has 0 aliphatic heterocycles. The highest BCUT2D eigenvalue weighted by Gasteiger charge is 2.18. The van der Waals surface area contributed by atoms with Crippen LogP contribution in [0.3, 0.4) is 0 Å². The number of pyridine rings is 1. The van der Waals surface area contributed by atoms with Crippen molar-refractivity contribution < 1.29 is 23.1 Å². The first-order valence-electron chi connectivity index (χ1n) is 8.19. The van der Waals surface area contributed by atoms with E-state index in [4.69, 9.17) is 51.1 Å². The van der Waals surface area contributed by atoms with Gasteiger partial charge < -0.3 is 10.1 Å². The molecule has 31 heavy (non-hydrogen) atoms. The van der Waals surface area contributed by atoms with Gasteiger partial charge >= 0.3 is 6.03 Å². The summed E-state index contributed by atoms with van der Waals surface area (Å²) in [7, 11) is 0. The van der Waals surface area contributed by atoms with E-state index in [0.29, 0.717) is 11.1 Å². The highest BCUT2D eigenvalue weighted by Crippen LogP contribution is 2.40. The van der Waals surface area contributed by atoms with Crippen LogP contribution < -0.4 is 15.4 Å². The Labute approximate surface area is 194 Å². The Balaban J connectivity index is 1.72. The molecule has 2 aromatic carbocycles. The van der Waals surface area contributed by atoms with E-state index in [2.05, 4.69) is 10.3 Å². The van der Waals surface area contributed by atoms with E-state index < -0.39 is 29.1 Å². The first-order chi connectivity index (χ1) is 14.6. The second kappa shape index (κ2) is 9.65. The number of hydrogen-bond donors (Lipinski definition) is 2. The SMILES string of the molecule is O=C(NC(=O)c1ccc(F)cc1F)Nc1cc(Cl)c(Oc2ncc(Cl)cc2Cl)c(Cl)c1. The molecular weight excluding hydrogens is 498 g/mol. The summed E-state index contributed by atoms with van der Waals surface area (Å²) in [6.07, 6.45) is 1.31. The Morgan fingerprint density at radius 2 is 1.61 bits per heavy atom. The average Bonchev–Trinajstić information content (AvgIpc) is 2.65. The Hall–Kier alpha value is -2.65. The molecule has 1 aromatic heterocycles. The summed E-state index contributed by atoms with van der Waals surface area (Å²) in [4.78, 5) is 28.0. The number of ether oxygens (including phenoxy) is 1. The van der Waals surface area contributed by atoms with Crippen LogP contribution in [0.15, 0.2) is 42.6 Å². The number of benzene rings is 2. The predicted molar refractivity (Wildman–Crippen MR) is 114 cm³/mol. The third-order valence-corrected chi connectivity index (χ3v) is 4.67. The van der Waals surface area contributed by atoms with Gasteiger partial charge in [0.25, 0.3) is 5.91 Å². The molecule has 12 heteroatoms. The molecule has 0 saturated carbocycles. The lowest BCUT2D eigenvalue weighted by molar-refractivity contribution is 0.0963. The molecule has 3 aromatic rings. The number of nitrogens with one attached hydrogen (secondary N) is 2. The fourth-order valence-electron chi connectivity index (χ4n) is 2.31. The zero-order valence-corrected chi connectivity index (χ0v) is 18.0. The molecule has 0 aliphatic rings. The lowest BCUT2D eigenvalue weighted by atomic mass is 10.2. The minimum Gasteiger partial charge on any atom is -0.434 e. The molecule has 0 spiro atoms. The standard InChI is InChI=1S/C19H9Cl4F2N3O3/c20-8-3-14(23)18(26-7-8)31-16-12(21)5-10(6-13(16)22)27-19(30)28-17(29)11-2-1-9(24)4-15(11)25/h1-7H,(H2,27,28,29,30). The lowest BCUT2D eigenvalue weighted by Crippen LogP contribution is -2.34. The van der Waals surface area contributed by atoms with E-state index >= 15 is 0 Å². The summed E-state index contributed by atoms with van der Waals surface area (Å²) >= 11 is 24.1. The number of carbonyl (C=O) groups is 2. The number of aromatic nitrogens is 1. The molecule has 0 atom stereocenters. The minimum absolute atomic E-state index is 0.000222. The maximum Gasteiger partial charge on any atom is 0.326 e. The van der Waals surface area contributed by atoms with E-state index in [1.807, 2.05) is 5.32 Å². The molecular formula is C19H9Cl4F2N3O3. The highest BCUT2D eigenvalue weighted by molar-refractivity contribution is 6.38. The van der Waals surface area contributed by atoms with Crippen LogP contribution >= 0.6 is 46.4 Å². The quantitative estimate of drug-likeness (QED) is 0.411. The lowest BCUT2D eigenvalue weighted by Gasteiger charge is -2.13. The van der Waals surface area contributed by atoms with Gasteiger partial charge in [0.1, 0.15) is 16.7 Å². The zero-order chi connectivity index (χ0) is 22.7. The van der Waals surface area contributed by atoms with Gasteiger partial charge in [0.15, 0.2) is 5.75 Å². The van der Waals surface area contributed by atoms with Crippen molar-refractivity contribution >= 4 is 64.0 Å². The largest absolute Gasteiger partial charge is 0.434 e. The van der Waals surface area contributed by atoms with Crippen LogP contribution in [0.4, 0.5) is 19.3 Å². The molecule has 3 rings (SSSR count). The molecule has 6 nitrogen and oxygen atoms in total. The van der Waals surface area contributed by atoms with E-state index in [0.717, 1.165) is 12.1 Å². The fraction of sp³-hybridized carbons (Fsp3) is 0. The third kappa shape index (κ3) is 5.74. The van der Waals surface area contributed by atoms with Crippen LogP contribution in [0.1, 0.15) is 10.4 Å². The van der Waals surface area contributed by atoms with Crippen LogP contribution in [0.5, 0.6) is 11.6 Å². The minimum atomic E-state index is -1.12. The zero-order valence-electron chi connectivity index (χ0n) is 15.0. The number of hydrogen-bond acceptors (Lipinski definition) is 4. The van der Waals surface area contributed by atoms with Gasteiger partial charge in [-0.25, -0.2) is 18.6 Å². The monoisotopic (exact) mass is 505 g/mol. The number of carbonyl (C=O) groups excluding carboxylic acids is 2. The second-order valence-electron chi connectivity index (χ2n) is 5.84. The first-order valence-corrected chi connectivity index (χ1v) is 9.70. The highest BCUT2D eigenvalue weighted by atomic mass is 35.5. The van der Waals surface area contributed by atoms with Crippen molar-refractivity contribution in [3.8, 4) is 11.6 Å². The molecule has 0 bridgehead atoms. The van der Waals surface area contributed by atoms with Crippen LogP contribution in [-0.4, -0.2) is 16.9 Å². The number of halogens is 6. The maximum absolute atomic E-state index is 13.7. The van der Waals surface area contributed by atoms with E-state index in [-0.39, 0.29) is 32.4 Å². The van der Waals surface area contributed by atoms with Crippen LogP contribution in [0.2, 0.25) is 20.1 Å². The number of anilines is 1. The topological polar surface area (TPSA) is 80.3 Å². The summed E-state index contributed by atoms with van der Waals surface area (Å²) < 4.78 is 32.1. The summed E-state index contributed by atoms with van der Waals surface area (Å²) in [6.45, 7) is 0. The van der Waals surface area contributed by atoms with Gasteiger partial charge in [-0.05, 0) is 30.3 Å². The van der Waals surface area contributed by atoms with Gasteiger partial charge in [-0.3, -0.25) is 10.1 Å². The van der Waals surface area contributed by atoms with Gasteiger partial charge in [0, 0.05) is 18.0 Å². The van der Waals surface area contributed by atoms with E-state index in [1.165, 1.54) is 24.4 Å². The van der Waals surface area contributed by atoms with Gasteiger partial charge in [-0.15, -0.1) is 0 Å². The molecule has 0 saturated heterocycles. The van der Waals surface area contributed by atoms with Gasteiger partial charge in [-0.1, -0.05) is 46.4 Å². The Bertz CT molecular complexity index is 1170. The molecule has 160 valence electrons. The molecule has 0 radical (unpaired) electrons. The molecule has 2 N–H and O–H groups in total. The number of rotatable bonds is 4. The summed E-state index contributed by atoms with van der Waals surface area (Å²) in [5.41, 5.74) is -0.411. The smallest absolute Gasteiger partial charge is 0.326 e. The Morgan fingerprint density at radius 1 is 0.935 bits per heavy atom. The van der Waals surface area contributed by atoms with Crippen molar-refractivity contribution in [3.63, 3.8) is 0 Å². The van der Waals surface area contributed by atoms with Crippen molar-refractivity contribution in [3.05, 3.63) is 79.9 Å². The van der Waals surface area contributed by atoms with Crippen molar-refractivity contribution in [1.82, 2.24) is 10.3 Å². The molecule has 0 fully saturated rings. The maximum atomic E-state index is 13.7. The number of urea groups is 1. The Morgan fingerprint density at radius 3 is 2.23 bits per heavy atom. The number of nitrogens with zero attached hydrogens (tertiary/aromatic N) is 1. The van der Waals surface area contributed by atoms with Crippen molar-refractivity contribution in [2.75, 3.05) is 5.32 Å². The summed E-state index contributed by atoms with van der Waals surface area (Å²) in [5.74, 6) is -3.04. The molecule has 0 unspecified atom stereocenters. The van der Waals surface area contributed by atoms with Crippen LogP contribution in [0.25, 0.3) is 0 Å². The summed E-state index contributed by atoms with van der Waals surface area (Å²) in [5, 5.41) is 4.62. The normalized spacial score (nSPS) is 10.5. The van der Waals surface area contributed by atoms with Crippen LogP contribution in [-0.2, 0) is 0 Å². The molecule has 1 heterocycles. The van der Waals surface area contributed by atoms with E-state index in [9.17, 15) is 18.4 Å². The van der Waals surface area contributed by atoms with Gasteiger partial charge in [0.05, 0.1) is 20.6 Å². The average molecular weight is 507 g/mol.